The lowest BCUT2D eigenvalue weighted by molar-refractivity contribution is -0.131. The Balaban J connectivity index is 1.72. The highest BCUT2D eigenvalue weighted by Gasteiger charge is 2.26. The van der Waals surface area contributed by atoms with Crippen LogP contribution in [-0.4, -0.2) is 40.5 Å². The molecule has 29 heavy (non-hydrogen) atoms. The van der Waals surface area contributed by atoms with E-state index >= 15 is 0 Å². The van der Waals surface area contributed by atoms with E-state index in [-0.39, 0.29) is 11.7 Å². The number of carbonyl (C=O) groups is 1. The molecule has 0 bridgehead atoms. The lowest BCUT2D eigenvalue weighted by atomic mass is 10.1. The Morgan fingerprint density at radius 2 is 1.83 bits per heavy atom. The maximum absolute atomic E-state index is 13.4. The quantitative estimate of drug-likeness (QED) is 0.698. The summed E-state index contributed by atoms with van der Waals surface area (Å²) >= 11 is 0. The first-order valence-electron chi connectivity index (χ1n) is 9.66. The number of amides is 1. The van der Waals surface area contributed by atoms with Gasteiger partial charge >= 0.3 is 0 Å². The topological polar surface area (TPSA) is 62.2 Å². The Kier molecular flexibility index (Phi) is 5.31. The van der Waals surface area contributed by atoms with Crippen molar-refractivity contribution in [3.8, 4) is 11.3 Å². The Bertz CT molecular complexity index is 1010. The van der Waals surface area contributed by atoms with E-state index in [2.05, 4.69) is 15.2 Å². The summed E-state index contributed by atoms with van der Waals surface area (Å²) in [6.07, 6.45) is 0. The molecule has 1 aliphatic rings. The van der Waals surface area contributed by atoms with Gasteiger partial charge in [0.2, 0.25) is 5.91 Å². The van der Waals surface area contributed by atoms with Gasteiger partial charge in [0.05, 0.1) is 13.1 Å². The zero-order valence-electron chi connectivity index (χ0n) is 16.6. The molecule has 2 N–H and O–H groups in total. The molecule has 2 aromatic carbocycles. The van der Waals surface area contributed by atoms with Crippen LogP contribution in [-0.2, 0) is 17.9 Å². The number of likely N-dealkylation sites (N-methyl/N-ethyl adjacent to an activating group) is 1. The minimum absolute atomic E-state index is 0.0538. The molecule has 0 fully saturated rings. The number of nitrogens with one attached hydrogen (secondary N) is 2. The van der Waals surface area contributed by atoms with Crippen LogP contribution in [0.3, 0.4) is 0 Å². The van der Waals surface area contributed by atoms with Gasteiger partial charge in [0.25, 0.3) is 0 Å². The van der Waals surface area contributed by atoms with Crippen LogP contribution >= 0.6 is 0 Å². The van der Waals surface area contributed by atoms with Gasteiger partial charge < -0.3 is 20.1 Å². The van der Waals surface area contributed by atoms with E-state index in [9.17, 15) is 9.18 Å². The number of rotatable bonds is 5. The van der Waals surface area contributed by atoms with Crippen molar-refractivity contribution in [2.45, 2.75) is 20.0 Å². The van der Waals surface area contributed by atoms with Crippen molar-refractivity contribution < 1.29 is 9.18 Å². The van der Waals surface area contributed by atoms with Crippen LogP contribution in [0.1, 0.15) is 11.4 Å². The number of anilines is 2. The lowest BCUT2D eigenvalue weighted by Gasteiger charge is -2.28. The van der Waals surface area contributed by atoms with Crippen LogP contribution in [0.4, 0.5) is 15.9 Å². The number of nitrogens with zero attached hydrogens (tertiary/aromatic N) is 3. The molecule has 0 unspecified atom stereocenters. The summed E-state index contributed by atoms with van der Waals surface area (Å²) in [6, 6.07) is 14.5. The molecule has 0 saturated carbocycles. The molecule has 1 aliphatic heterocycles. The second-order valence-corrected chi connectivity index (χ2v) is 7.22. The van der Waals surface area contributed by atoms with Crippen LogP contribution in [0, 0.1) is 12.7 Å². The third kappa shape index (κ3) is 4.00. The average Bonchev–Trinajstić information content (AvgIpc) is 3.08. The van der Waals surface area contributed by atoms with Gasteiger partial charge in [-0.3, -0.25) is 4.79 Å². The zero-order chi connectivity index (χ0) is 20.4. The maximum atomic E-state index is 13.4. The molecule has 0 spiro atoms. The van der Waals surface area contributed by atoms with Gasteiger partial charge in [-0.05, 0) is 50.4 Å². The highest BCUT2D eigenvalue weighted by molar-refractivity contribution is 5.79. The molecule has 1 amide bonds. The summed E-state index contributed by atoms with van der Waals surface area (Å²) in [5, 5.41) is 6.39. The zero-order valence-corrected chi connectivity index (χ0v) is 16.6. The third-order valence-corrected chi connectivity index (χ3v) is 5.09. The van der Waals surface area contributed by atoms with Gasteiger partial charge in [0.1, 0.15) is 23.2 Å². The second-order valence-electron chi connectivity index (χ2n) is 7.22. The fourth-order valence-corrected chi connectivity index (χ4v) is 3.52. The number of fused-ring (bicyclic) bond motifs is 1. The molecule has 6 nitrogen and oxygen atoms in total. The molecule has 2 heterocycles. The van der Waals surface area contributed by atoms with Crippen molar-refractivity contribution in [1.82, 2.24) is 19.8 Å². The van der Waals surface area contributed by atoms with Gasteiger partial charge in [0, 0.05) is 24.3 Å². The maximum Gasteiger partial charge on any atom is 0.236 e. The van der Waals surface area contributed by atoms with E-state index in [0.717, 1.165) is 28.6 Å². The normalized spacial score (nSPS) is 13.3. The molecular weight excluding hydrogens is 369 g/mol. The van der Waals surface area contributed by atoms with Gasteiger partial charge in [-0.25, -0.2) is 9.37 Å². The first-order chi connectivity index (χ1) is 14.0. The number of carbonyl (C=O) groups excluding carboxylic acids is 1. The smallest absolute Gasteiger partial charge is 0.236 e. The Morgan fingerprint density at radius 3 is 2.52 bits per heavy atom. The fraction of sp³-hybridized carbons (Fsp3) is 0.273. The lowest BCUT2D eigenvalue weighted by Crippen LogP contribution is -2.42. The number of aryl methyl sites for hydroxylation is 1. The molecule has 150 valence electrons. The predicted molar refractivity (Wildman–Crippen MR) is 111 cm³/mol. The highest BCUT2D eigenvalue weighted by atomic mass is 19.1. The summed E-state index contributed by atoms with van der Waals surface area (Å²) in [4.78, 5) is 18.9. The molecule has 0 saturated heterocycles. The van der Waals surface area contributed by atoms with E-state index in [1.165, 1.54) is 17.7 Å². The van der Waals surface area contributed by atoms with Crippen LogP contribution in [0.5, 0.6) is 0 Å². The van der Waals surface area contributed by atoms with Gasteiger partial charge in [-0.1, -0.05) is 17.7 Å². The van der Waals surface area contributed by atoms with E-state index in [0.29, 0.717) is 26.2 Å². The summed E-state index contributed by atoms with van der Waals surface area (Å²) in [5.74, 6) is 1.44. The number of aromatic nitrogens is 2. The number of imidazole rings is 1. The van der Waals surface area contributed by atoms with Crippen molar-refractivity contribution in [1.29, 1.82) is 0 Å². The molecule has 0 aliphatic carbocycles. The van der Waals surface area contributed by atoms with Crippen LogP contribution in [0.15, 0.2) is 48.5 Å². The van der Waals surface area contributed by atoms with Gasteiger partial charge in [-0.15, -0.1) is 0 Å². The van der Waals surface area contributed by atoms with Crippen LogP contribution < -0.4 is 10.6 Å². The molecule has 7 heteroatoms. The number of hydrogen-bond acceptors (Lipinski definition) is 4. The third-order valence-electron chi connectivity index (χ3n) is 5.09. The number of hydrogen-bond donors (Lipinski definition) is 2. The Morgan fingerprint density at radius 1 is 1.10 bits per heavy atom. The van der Waals surface area contributed by atoms with E-state index in [4.69, 9.17) is 4.98 Å². The highest BCUT2D eigenvalue weighted by Crippen LogP contribution is 2.33. The summed E-state index contributed by atoms with van der Waals surface area (Å²) in [7, 11) is 1.76. The summed E-state index contributed by atoms with van der Waals surface area (Å²) < 4.78 is 15.5. The van der Waals surface area contributed by atoms with Crippen LogP contribution in [0.25, 0.3) is 11.3 Å². The Hall–Kier alpha value is -3.19. The minimum Gasteiger partial charge on any atom is -0.340 e. The number of benzene rings is 2. The standard InChI is InChI=1S/C22H24FN5O/c1-15-3-9-18(10-4-15)25-22-21(16-5-7-17(23)8-6-16)26-19-14-27(11-12-28(19)22)20(29)13-24-2/h3-10,24-25H,11-14H2,1-2H3. The minimum atomic E-state index is -0.283. The van der Waals surface area contributed by atoms with Crippen molar-refractivity contribution in [3.05, 3.63) is 65.7 Å². The van der Waals surface area contributed by atoms with Crippen molar-refractivity contribution in [2.24, 2.45) is 0 Å². The molecule has 4 rings (SSSR count). The molecule has 0 atom stereocenters. The second kappa shape index (κ2) is 8.05. The average molecular weight is 393 g/mol. The van der Waals surface area contributed by atoms with E-state index in [1.54, 1.807) is 19.2 Å². The molecule has 0 radical (unpaired) electrons. The largest absolute Gasteiger partial charge is 0.340 e. The van der Waals surface area contributed by atoms with E-state index < -0.39 is 0 Å². The monoisotopic (exact) mass is 393 g/mol. The van der Waals surface area contributed by atoms with Gasteiger partial charge in [0.15, 0.2) is 0 Å². The van der Waals surface area contributed by atoms with Crippen LogP contribution in [0.2, 0.25) is 0 Å². The Labute approximate surface area is 169 Å². The van der Waals surface area contributed by atoms with Crippen molar-refractivity contribution >= 4 is 17.4 Å². The molecule has 3 aromatic rings. The van der Waals surface area contributed by atoms with Crippen molar-refractivity contribution in [2.75, 3.05) is 25.5 Å². The van der Waals surface area contributed by atoms with E-state index in [1.807, 2.05) is 36.1 Å². The summed E-state index contributed by atoms with van der Waals surface area (Å²) in [6.45, 7) is 4.07. The summed E-state index contributed by atoms with van der Waals surface area (Å²) in [5.41, 5.74) is 3.72. The molecular formula is C22H24FN5O. The predicted octanol–water partition coefficient (Wildman–Crippen LogP) is 3.30. The number of halogens is 1. The van der Waals surface area contributed by atoms with Crippen molar-refractivity contribution in [3.63, 3.8) is 0 Å². The molecule has 1 aromatic heterocycles. The fourth-order valence-electron chi connectivity index (χ4n) is 3.52. The SMILES string of the molecule is CNCC(=O)N1CCn2c(nc(-c3ccc(F)cc3)c2Nc2ccc(C)cc2)C1. The van der Waals surface area contributed by atoms with Gasteiger partial charge in [-0.2, -0.15) is 0 Å². The first-order valence-corrected chi connectivity index (χ1v) is 9.66. The first kappa shape index (κ1) is 19.1.